The van der Waals surface area contributed by atoms with Crippen molar-refractivity contribution in [3.05, 3.63) is 33.0 Å². The van der Waals surface area contributed by atoms with Gasteiger partial charge in [-0.3, -0.25) is 0 Å². The molecule has 1 aromatic carbocycles. The molecular formula is C12H10BrClFNO. The molecule has 0 radical (unpaired) electrons. The number of hydrogen-bond donors (Lipinski definition) is 0. The Morgan fingerprint density at radius 3 is 2.65 bits per heavy atom. The normalized spacial score (nSPS) is 17.8. The lowest BCUT2D eigenvalue weighted by Gasteiger charge is -2.24. The van der Waals surface area contributed by atoms with E-state index in [2.05, 4.69) is 20.9 Å². The molecule has 2 nitrogen and oxygen atoms in total. The molecule has 1 aliphatic carbocycles. The van der Waals surface area contributed by atoms with Crippen molar-refractivity contribution in [1.82, 2.24) is 0 Å². The number of hydrogen-bond acceptors (Lipinski definition) is 2. The van der Waals surface area contributed by atoms with E-state index >= 15 is 0 Å². The highest BCUT2D eigenvalue weighted by Gasteiger charge is 2.40. The standard InChI is InChI=1S/C12H10BrClFNO/c13-8-3-4-9(14)10(11(8)15)12(16-7-17)5-1-2-6-12/h3-4H,1-2,5-6H2. The van der Waals surface area contributed by atoms with Gasteiger partial charge in [-0.1, -0.05) is 24.4 Å². The fourth-order valence-electron chi connectivity index (χ4n) is 2.42. The van der Waals surface area contributed by atoms with Gasteiger partial charge in [0.25, 0.3) is 0 Å². The first-order valence-electron chi connectivity index (χ1n) is 5.34. The smallest absolute Gasteiger partial charge is 0.211 e. The summed E-state index contributed by atoms with van der Waals surface area (Å²) < 4.78 is 14.5. The highest BCUT2D eigenvalue weighted by Crippen LogP contribution is 2.46. The van der Waals surface area contributed by atoms with Gasteiger partial charge in [0.15, 0.2) is 0 Å². The molecular weight excluding hydrogens is 308 g/mol. The molecule has 0 heterocycles. The lowest BCUT2D eigenvalue weighted by Crippen LogP contribution is -2.21. The van der Waals surface area contributed by atoms with Gasteiger partial charge in [0, 0.05) is 10.6 Å². The van der Waals surface area contributed by atoms with Crippen LogP contribution in [-0.2, 0) is 10.3 Å². The average Bonchev–Trinajstić information content (AvgIpc) is 2.74. The molecule has 1 saturated carbocycles. The molecule has 1 fully saturated rings. The molecule has 90 valence electrons. The topological polar surface area (TPSA) is 29.4 Å². The van der Waals surface area contributed by atoms with Gasteiger partial charge in [0.05, 0.1) is 4.47 Å². The predicted molar refractivity (Wildman–Crippen MR) is 67.4 cm³/mol. The highest BCUT2D eigenvalue weighted by molar-refractivity contribution is 9.10. The zero-order valence-electron chi connectivity index (χ0n) is 8.97. The highest BCUT2D eigenvalue weighted by atomic mass is 79.9. The molecule has 1 aromatic rings. The summed E-state index contributed by atoms with van der Waals surface area (Å²) in [6.45, 7) is 0. The van der Waals surface area contributed by atoms with Crippen LogP contribution in [0.15, 0.2) is 21.6 Å². The quantitative estimate of drug-likeness (QED) is 0.453. The Bertz CT molecular complexity index is 494. The van der Waals surface area contributed by atoms with E-state index in [1.165, 1.54) is 0 Å². The number of rotatable bonds is 2. The van der Waals surface area contributed by atoms with Crippen LogP contribution in [0.3, 0.4) is 0 Å². The third-order valence-corrected chi connectivity index (χ3v) is 4.13. The summed E-state index contributed by atoms with van der Waals surface area (Å²) in [6.07, 6.45) is 4.65. The molecule has 0 aliphatic heterocycles. The van der Waals surface area contributed by atoms with Crippen molar-refractivity contribution in [3.8, 4) is 0 Å². The fraction of sp³-hybridized carbons (Fsp3) is 0.417. The predicted octanol–water partition coefficient (Wildman–Crippen LogP) is 4.35. The van der Waals surface area contributed by atoms with Crippen molar-refractivity contribution in [3.63, 3.8) is 0 Å². The average molecular weight is 319 g/mol. The molecule has 0 saturated heterocycles. The monoisotopic (exact) mass is 317 g/mol. The summed E-state index contributed by atoms with van der Waals surface area (Å²) in [4.78, 5) is 14.4. The zero-order valence-corrected chi connectivity index (χ0v) is 11.3. The molecule has 0 bridgehead atoms. The largest absolute Gasteiger partial charge is 0.235 e. The van der Waals surface area contributed by atoms with Crippen molar-refractivity contribution in [2.24, 2.45) is 4.99 Å². The number of isocyanates is 1. The molecule has 0 unspecified atom stereocenters. The van der Waals surface area contributed by atoms with Crippen LogP contribution in [0.4, 0.5) is 4.39 Å². The summed E-state index contributed by atoms with van der Waals surface area (Å²) >= 11 is 9.18. The van der Waals surface area contributed by atoms with Gasteiger partial charge in [0.1, 0.15) is 11.4 Å². The lowest BCUT2D eigenvalue weighted by molar-refractivity contribution is 0.429. The Balaban J connectivity index is 2.65. The summed E-state index contributed by atoms with van der Waals surface area (Å²) in [7, 11) is 0. The third-order valence-electron chi connectivity index (χ3n) is 3.20. The molecule has 2 rings (SSSR count). The molecule has 5 heteroatoms. The van der Waals surface area contributed by atoms with Crippen molar-refractivity contribution in [2.45, 2.75) is 31.2 Å². The minimum Gasteiger partial charge on any atom is -0.211 e. The van der Waals surface area contributed by atoms with Crippen LogP contribution >= 0.6 is 27.5 Å². The zero-order chi connectivity index (χ0) is 12.5. The first-order chi connectivity index (χ1) is 8.10. The van der Waals surface area contributed by atoms with Crippen LogP contribution in [0.25, 0.3) is 0 Å². The van der Waals surface area contributed by atoms with E-state index in [-0.39, 0.29) is 0 Å². The Labute approximate surface area is 112 Å². The summed E-state index contributed by atoms with van der Waals surface area (Å²) in [5, 5.41) is 0.312. The van der Waals surface area contributed by atoms with Gasteiger partial charge in [-0.15, -0.1) is 0 Å². The number of nitrogens with zero attached hydrogens (tertiary/aromatic N) is 1. The van der Waals surface area contributed by atoms with Gasteiger partial charge in [-0.2, -0.15) is 4.99 Å². The minimum absolute atomic E-state index is 0.312. The second-order valence-electron chi connectivity index (χ2n) is 4.16. The Morgan fingerprint density at radius 1 is 1.41 bits per heavy atom. The number of aliphatic imine (C=N–C) groups is 1. The Kier molecular flexibility index (Phi) is 3.67. The number of halogens is 3. The maximum absolute atomic E-state index is 14.2. The summed E-state index contributed by atoms with van der Waals surface area (Å²) in [5.74, 6) is -0.432. The van der Waals surface area contributed by atoms with Crippen LogP contribution in [0.2, 0.25) is 5.02 Å². The molecule has 1 aliphatic rings. The summed E-state index contributed by atoms with van der Waals surface area (Å²) in [6, 6.07) is 3.17. The van der Waals surface area contributed by atoms with Gasteiger partial charge >= 0.3 is 0 Å². The van der Waals surface area contributed by atoms with Crippen molar-refractivity contribution in [2.75, 3.05) is 0 Å². The van der Waals surface area contributed by atoms with Crippen LogP contribution in [-0.4, -0.2) is 6.08 Å². The van der Waals surface area contributed by atoms with Gasteiger partial charge < -0.3 is 0 Å². The molecule has 0 aromatic heterocycles. The van der Waals surface area contributed by atoms with E-state index in [0.29, 0.717) is 27.9 Å². The van der Waals surface area contributed by atoms with Crippen LogP contribution in [0.5, 0.6) is 0 Å². The Hall–Kier alpha value is -0.700. The van der Waals surface area contributed by atoms with E-state index in [1.807, 2.05) is 0 Å². The molecule has 17 heavy (non-hydrogen) atoms. The minimum atomic E-state index is -0.827. The van der Waals surface area contributed by atoms with Gasteiger partial charge in [-0.25, -0.2) is 9.18 Å². The lowest BCUT2D eigenvalue weighted by atomic mass is 9.88. The molecule has 0 atom stereocenters. The second kappa shape index (κ2) is 4.89. The Morgan fingerprint density at radius 2 is 2.06 bits per heavy atom. The maximum atomic E-state index is 14.2. The van der Waals surface area contributed by atoms with Gasteiger partial charge in [-0.05, 0) is 40.9 Å². The van der Waals surface area contributed by atoms with E-state index in [1.54, 1.807) is 18.2 Å². The van der Waals surface area contributed by atoms with Crippen LogP contribution in [0, 0.1) is 5.82 Å². The van der Waals surface area contributed by atoms with Crippen LogP contribution < -0.4 is 0 Å². The van der Waals surface area contributed by atoms with Crippen molar-refractivity contribution >= 4 is 33.6 Å². The molecule has 0 N–H and O–H groups in total. The number of benzene rings is 1. The van der Waals surface area contributed by atoms with Crippen LogP contribution in [0.1, 0.15) is 31.2 Å². The van der Waals surface area contributed by atoms with E-state index in [0.717, 1.165) is 12.8 Å². The van der Waals surface area contributed by atoms with Crippen molar-refractivity contribution < 1.29 is 9.18 Å². The fourth-order valence-corrected chi connectivity index (χ4v) is 3.07. The third kappa shape index (κ3) is 2.17. The number of carbonyl (C=O) groups excluding carboxylic acids is 1. The summed E-state index contributed by atoms with van der Waals surface area (Å²) in [5.41, 5.74) is -0.512. The first kappa shape index (κ1) is 12.7. The maximum Gasteiger partial charge on any atom is 0.235 e. The van der Waals surface area contributed by atoms with Crippen molar-refractivity contribution in [1.29, 1.82) is 0 Å². The second-order valence-corrected chi connectivity index (χ2v) is 5.42. The van der Waals surface area contributed by atoms with E-state index < -0.39 is 11.4 Å². The first-order valence-corrected chi connectivity index (χ1v) is 6.51. The molecule has 0 amide bonds. The van der Waals surface area contributed by atoms with E-state index in [4.69, 9.17) is 11.6 Å². The SMILES string of the molecule is O=C=NC1(c2c(Cl)ccc(Br)c2F)CCCC1. The van der Waals surface area contributed by atoms with E-state index in [9.17, 15) is 9.18 Å². The molecule has 0 spiro atoms. The van der Waals surface area contributed by atoms with Gasteiger partial charge in [0.2, 0.25) is 6.08 Å².